The molecule has 2 amide bonds. The minimum absolute atomic E-state index is 0.0639. The molecule has 0 bridgehead atoms. The maximum absolute atomic E-state index is 13.2. The number of aromatic nitrogens is 1. The lowest BCUT2D eigenvalue weighted by molar-refractivity contribution is -0.132. The largest absolute Gasteiger partial charge is 0.490 e. The number of nitrogens with zero attached hydrogens (tertiary/aromatic N) is 3. The van der Waals surface area contributed by atoms with Gasteiger partial charge in [-0.2, -0.15) is 0 Å². The van der Waals surface area contributed by atoms with E-state index in [1.165, 1.54) is 5.56 Å². The summed E-state index contributed by atoms with van der Waals surface area (Å²) in [5.74, 6) is 1.22. The quantitative estimate of drug-likeness (QED) is 0.425. The van der Waals surface area contributed by atoms with Crippen molar-refractivity contribution < 1.29 is 19.1 Å². The van der Waals surface area contributed by atoms with E-state index in [9.17, 15) is 9.59 Å². The van der Waals surface area contributed by atoms with E-state index < -0.39 is 0 Å². The Bertz CT molecular complexity index is 1130. The zero-order chi connectivity index (χ0) is 25.2. The highest BCUT2D eigenvalue weighted by Crippen LogP contribution is 2.30. The van der Waals surface area contributed by atoms with Crippen molar-refractivity contribution in [3.8, 4) is 11.5 Å². The zero-order valence-corrected chi connectivity index (χ0v) is 20.8. The molecule has 0 N–H and O–H groups in total. The van der Waals surface area contributed by atoms with Crippen LogP contribution in [0.1, 0.15) is 41.3 Å². The number of benzene rings is 2. The Morgan fingerprint density at radius 2 is 1.61 bits per heavy atom. The Morgan fingerprint density at radius 1 is 0.861 bits per heavy atom. The van der Waals surface area contributed by atoms with Crippen molar-refractivity contribution >= 4 is 11.8 Å². The van der Waals surface area contributed by atoms with Gasteiger partial charge in [0, 0.05) is 56.1 Å². The molecule has 0 radical (unpaired) electrons. The molecule has 0 saturated carbocycles. The summed E-state index contributed by atoms with van der Waals surface area (Å²) in [6.45, 7) is 4.88. The molecule has 1 aliphatic rings. The van der Waals surface area contributed by atoms with Gasteiger partial charge in [0.2, 0.25) is 5.91 Å². The van der Waals surface area contributed by atoms with Crippen LogP contribution in [-0.2, 0) is 17.8 Å². The number of amides is 2. The molecule has 1 fully saturated rings. The van der Waals surface area contributed by atoms with Gasteiger partial charge in [0.05, 0.1) is 6.61 Å². The van der Waals surface area contributed by atoms with Crippen molar-refractivity contribution in [3.63, 3.8) is 0 Å². The van der Waals surface area contributed by atoms with Gasteiger partial charge >= 0.3 is 0 Å². The fourth-order valence-corrected chi connectivity index (χ4v) is 4.26. The van der Waals surface area contributed by atoms with E-state index in [0.717, 1.165) is 18.4 Å². The fraction of sp³-hybridized carbons (Fsp3) is 0.345. The molecule has 2 aromatic carbocycles. The lowest BCUT2D eigenvalue weighted by atomic mass is 10.1. The molecule has 36 heavy (non-hydrogen) atoms. The number of aryl methyl sites for hydroxylation is 1. The van der Waals surface area contributed by atoms with Gasteiger partial charge in [-0.1, -0.05) is 36.4 Å². The van der Waals surface area contributed by atoms with Crippen LogP contribution >= 0.6 is 0 Å². The van der Waals surface area contributed by atoms with E-state index in [1.54, 1.807) is 35.5 Å². The molecule has 1 saturated heterocycles. The molecular formula is C29H33N3O4. The molecule has 1 aliphatic heterocycles. The third-order valence-corrected chi connectivity index (χ3v) is 6.23. The Labute approximate surface area is 212 Å². The SMILES string of the molecule is CCOc1cc(C(=O)N2CCN(C(=O)CCCc3ccccc3)CC2)ccc1OCc1cccnc1. The van der Waals surface area contributed by atoms with Gasteiger partial charge in [-0.25, -0.2) is 0 Å². The molecule has 2 heterocycles. The molecule has 0 aliphatic carbocycles. The van der Waals surface area contributed by atoms with E-state index in [-0.39, 0.29) is 11.8 Å². The van der Waals surface area contributed by atoms with Crippen molar-refractivity contribution in [2.24, 2.45) is 0 Å². The van der Waals surface area contributed by atoms with Gasteiger partial charge in [0.1, 0.15) is 6.61 Å². The van der Waals surface area contributed by atoms with Gasteiger partial charge in [-0.3, -0.25) is 14.6 Å². The zero-order valence-electron chi connectivity index (χ0n) is 20.8. The number of carbonyl (C=O) groups excluding carboxylic acids is 2. The monoisotopic (exact) mass is 487 g/mol. The van der Waals surface area contributed by atoms with Crippen LogP contribution in [0.3, 0.4) is 0 Å². The number of hydrogen-bond acceptors (Lipinski definition) is 5. The predicted molar refractivity (Wildman–Crippen MR) is 138 cm³/mol. The normalized spacial score (nSPS) is 13.4. The molecular weight excluding hydrogens is 454 g/mol. The summed E-state index contributed by atoms with van der Waals surface area (Å²) in [6, 6.07) is 19.3. The first-order valence-corrected chi connectivity index (χ1v) is 12.5. The van der Waals surface area contributed by atoms with Gasteiger partial charge in [0.25, 0.3) is 5.91 Å². The molecule has 0 unspecified atom stereocenters. The molecule has 0 atom stereocenters. The average Bonchev–Trinajstić information content (AvgIpc) is 2.93. The van der Waals surface area contributed by atoms with Gasteiger partial charge in [-0.15, -0.1) is 0 Å². The molecule has 1 aromatic heterocycles. The van der Waals surface area contributed by atoms with Crippen molar-refractivity contribution in [1.29, 1.82) is 0 Å². The highest BCUT2D eigenvalue weighted by atomic mass is 16.5. The summed E-state index contributed by atoms with van der Waals surface area (Å²) in [5, 5.41) is 0. The Hall–Kier alpha value is -3.87. The molecule has 0 spiro atoms. The van der Waals surface area contributed by atoms with E-state index >= 15 is 0 Å². The number of carbonyl (C=O) groups is 2. The van der Waals surface area contributed by atoms with Crippen LogP contribution in [0.2, 0.25) is 0 Å². The number of ether oxygens (including phenoxy) is 2. The van der Waals surface area contributed by atoms with Gasteiger partial charge in [0.15, 0.2) is 11.5 Å². The van der Waals surface area contributed by atoms with Crippen LogP contribution in [0.4, 0.5) is 0 Å². The third kappa shape index (κ3) is 6.84. The summed E-state index contributed by atoms with van der Waals surface area (Å²) in [5.41, 5.74) is 2.75. The number of hydrogen-bond donors (Lipinski definition) is 0. The fourth-order valence-electron chi connectivity index (χ4n) is 4.26. The van der Waals surface area contributed by atoms with Crippen LogP contribution in [-0.4, -0.2) is 59.4 Å². The van der Waals surface area contributed by atoms with Gasteiger partial charge < -0.3 is 19.3 Å². The van der Waals surface area contributed by atoms with E-state index in [4.69, 9.17) is 9.47 Å². The van der Waals surface area contributed by atoms with Crippen LogP contribution in [0.15, 0.2) is 73.1 Å². The van der Waals surface area contributed by atoms with Gasteiger partial charge in [-0.05, 0) is 49.6 Å². The summed E-state index contributed by atoms with van der Waals surface area (Å²) in [4.78, 5) is 33.6. The summed E-state index contributed by atoms with van der Waals surface area (Å²) in [6.07, 6.45) is 5.73. The standard InChI is InChI=1S/C29H33N3O4/c1-2-35-27-20-25(13-14-26(27)36-22-24-11-7-15-30-21-24)29(34)32-18-16-31(17-19-32)28(33)12-6-10-23-8-4-3-5-9-23/h3-5,7-9,11,13-15,20-21H,2,6,10,12,16-19,22H2,1H3. The van der Waals surface area contributed by atoms with Crippen molar-refractivity contribution in [2.45, 2.75) is 32.8 Å². The van der Waals surface area contributed by atoms with E-state index in [1.807, 2.05) is 42.2 Å². The second-order valence-corrected chi connectivity index (χ2v) is 8.76. The molecule has 3 aromatic rings. The highest BCUT2D eigenvalue weighted by Gasteiger charge is 2.25. The molecule has 7 heteroatoms. The summed E-state index contributed by atoms with van der Waals surface area (Å²) < 4.78 is 11.7. The van der Waals surface area contributed by atoms with Crippen molar-refractivity contribution in [3.05, 3.63) is 89.7 Å². The number of pyridine rings is 1. The number of piperazine rings is 1. The Balaban J connectivity index is 1.29. The maximum Gasteiger partial charge on any atom is 0.254 e. The lowest BCUT2D eigenvalue weighted by Crippen LogP contribution is -2.50. The minimum Gasteiger partial charge on any atom is -0.490 e. The second-order valence-electron chi connectivity index (χ2n) is 8.76. The average molecular weight is 488 g/mol. The van der Waals surface area contributed by atoms with Crippen LogP contribution in [0.25, 0.3) is 0 Å². The smallest absolute Gasteiger partial charge is 0.254 e. The number of rotatable bonds is 10. The maximum atomic E-state index is 13.2. The highest BCUT2D eigenvalue weighted by molar-refractivity contribution is 5.95. The Kier molecular flexibility index (Phi) is 8.92. The summed E-state index contributed by atoms with van der Waals surface area (Å²) in [7, 11) is 0. The lowest BCUT2D eigenvalue weighted by Gasteiger charge is -2.35. The van der Waals surface area contributed by atoms with Crippen LogP contribution < -0.4 is 9.47 Å². The third-order valence-electron chi connectivity index (χ3n) is 6.23. The van der Waals surface area contributed by atoms with Crippen molar-refractivity contribution in [1.82, 2.24) is 14.8 Å². The summed E-state index contributed by atoms with van der Waals surface area (Å²) >= 11 is 0. The first-order valence-electron chi connectivity index (χ1n) is 12.5. The van der Waals surface area contributed by atoms with Crippen molar-refractivity contribution in [2.75, 3.05) is 32.8 Å². The molecule has 4 rings (SSSR count). The van der Waals surface area contributed by atoms with Crippen LogP contribution in [0, 0.1) is 0 Å². The minimum atomic E-state index is -0.0639. The first kappa shape index (κ1) is 25.2. The topological polar surface area (TPSA) is 72.0 Å². The Morgan fingerprint density at radius 3 is 2.33 bits per heavy atom. The predicted octanol–water partition coefficient (Wildman–Crippen LogP) is 4.37. The molecule has 7 nitrogen and oxygen atoms in total. The van der Waals surface area contributed by atoms with E-state index in [0.29, 0.717) is 62.9 Å². The first-order chi connectivity index (χ1) is 17.6. The second kappa shape index (κ2) is 12.7. The van der Waals surface area contributed by atoms with E-state index in [2.05, 4.69) is 17.1 Å². The molecule has 188 valence electrons. The van der Waals surface area contributed by atoms with Crippen LogP contribution in [0.5, 0.6) is 11.5 Å².